The summed E-state index contributed by atoms with van der Waals surface area (Å²) in [5.41, 5.74) is 5.25. The van der Waals surface area contributed by atoms with Gasteiger partial charge in [-0.3, -0.25) is 4.57 Å². The van der Waals surface area contributed by atoms with Crippen molar-refractivity contribution in [2.24, 2.45) is 0 Å². The molecule has 1 aliphatic rings. The van der Waals surface area contributed by atoms with Crippen molar-refractivity contribution in [3.05, 3.63) is 95.0 Å². The van der Waals surface area contributed by atoms with Crippen LogP contribution in [0.5, 0.6) is 0 Å². The molecule has 0 N–H and O–H groups in total. The zero-order valence-electron chi connectivity index (χ0n) is 19.7. The number of fused-ring (bicyclic) bond motifs is 1. The van der Waals surface area contributed by atoms with Gasteiger partial charge in [0.1, 0.15) is 0 Å². The normalized spacial score (nSPS) is 15.5. The molecule has 5 aromatic rings. The molecule has 7 heteroatoms. The Morgan fingerprint density at radius 3 is 2.56 bits per heavy atom. The molecular weight excluding hydrogens is 532 g/mol. The predicted molar refractivity (Wildman–Crippen MR) is 149 cm³/mol. The molecule has 1 saturated heterocycles. The third-order valence-electron chi connectivity index (χ3n) is 6.43. The minimum absolute atomic E-state index is 0.175. The molecule has 2 aromatic heterocycles. The Hall–Kier alpha value is -3.00. The second-order valence-corrected chi connectivity index (χ2v) is 10.8. The van der Waals surface area contributed by atoms with Gasteiger partial charge in [-0.1, -0.05) is 88.4 Å². The van der Waals surface area contributed by atoms with Gasteiger partial charge < -0.3 is 4.74 Å². The van der Waals surface area contributed by atoms with Crippen LogP contribution in [0.3, 0.4) is 0 Å². The van der Waals surface area contributed by atoms with Crippen molar-refractivity contribution in [1.29, 1.82) is 0 Å². The van der Waals surface area contributed by atoms with E-state index in [9.17, 15) is 0 Å². The zero-order valence-corrected chi connectivity index (χ0v) is 22.1. The van der Waals surface area contributed by atoms with Crippen LogP contribution >= 0.6 is 27.7 Å². The number of para-hydroxylation sites is 1. The van der Waals surface area contributed by atoms with E-state index in [1.165, 1.54) is 5.56 Å². The molecule has 1 fully saturated rings. The Morgan fingerprint density at radius 1 is 0.944 bits per heavy atom. The van der Waals surface area contributed by atoms with E-state index in [0.29, 0.717) is 0 Å². The number of halogens is 1. The highest BCUT2D eigenvalue weighted by Gasteiger charge is 2.23. The van der Waals surface area contributed by atoms with Crippen LogP contribution in [-0.2, 0) is 17.0 Å². The molecule has 3 heterocycles. The van der Waals surface area contributed by atoms with Crippen LogP contribution < -0.4 is 0 Å². The maximum Gasteiger partial charge on any atom is 0.191 e. The van der Waals surface area contributed by atoms with Gasteiger partial charge in [-0.05, 0) is 42.7 Å². The van der Waals surface area contributed by atoms with Crippen LogP contribution in [0.4, 0.5) is 0 Å². The van der Waals surface area contributed by atoms with Gasteiger partial charge in [-0.15, -0.1) is 10.2 Å². The summed E-state index contributed by atoms with van der Waals surface area (Å²) in [6, 6.07) is 29.2. The van der Waals surface area contributed by atoms with Crippen molar-refractivity contribution in [2.75, 3.05) is 6.61 Å². The van der Waals surface area contributed by atoms with Gasteiger partial charge in [0.15, 0.2) is 11.0 Å². The van der Waals surface area contributed by atoms with E-state index in [1.807, 2.05) is 24.3 Å². The molecule has 0 unspecified atom stereocenters. The van der Waals surface area contributed by atoms with E-state index >= 15 is 0 Å². The molecule has 1 atom stereocenters. The summed E-state index contributed by atoms with van der Waals surface area (Å²) in [6.45, 7) is 1.56. The molecule has 36 heavy (non-hydrogen) atoms. The Bertz CT molecular complexity index is 1480. The lowest BCUT2D eigenvalue weighted by molar-refractivity contribution is 0.0953. The first kappa shape index (κ1) is 23.4. The van der Waals surface area contributed by atoms with Crippen molar-refractivity contribution in [3.63, 3.8) is 0 Å². The van der Waals surface area contributed by atoms with Crippen molar-refractivity contribution in [3.8, 4) is 22.6 Å². The fraction of sp³-hybridized carbons (Fsp3) is 0.207. The highest BCUT2D eigenvalue weighted by atomic mass is 79.9. The highest BCUT2D eigenvalue weighted by Crippen LogP contribution is 2.34. The van der Waals surface area contributed by atoms with Crippen molar-refractivity contribution in [2.45, 2.75) is 36.4 Å². The molecular formula is C29H25BrN4OS. The average Bonchev–Trinajstić information content (AvgIpc) is 3.59. The van der Waals surface area contributed by atoms with Gasteiger partial charge in [0.2, 0.25) is 0 Å². The fourth-order valence-corrected chi connectivity index (χ4v) is 5.76. The van der Waals surface area contributed by atoms with Crippen LogP contribution in [0.15, 0.2) is 94.6 Å². The Kier molecular flexibility index (Phi) is 6.86. The molecule has 3 aromatic carbocycles. The first-order valence-corrected chi connectivity index (χ1v) is 13.9. The van der Waals surface area contributed by atoms with Crippen LogP contribution in [0.2, 0.25) is 0 Å². The van der Waals surface area contributed by atoms with Gasteiger partial charge in [0, 0.05) is 33.3 Å². The molecule has 180 valence electrons. The van der Waals surface area contributed by atoms with E-state index in [0.717, 1.165) is 74.9 Å². The topological polar surface area (TPSA) is 52.8 Å². The van der Waals surface area contributed by atoms with E-state index < -0.39 is 0 Å². The quantitative estimate of drug-likeness (QED) is 0.195. The standard InChI is InChI=1S/C29H25BrN4OS/c30-22-14-12-20(13-15-22)19-36-29-33-32-28(34(29)18-23-9-6-16-35-23)25-17-27(21-7-2-1-3-8-21)31-26-11-5-4-10-24(25)26/h1-5,7-8,10-15,17,23H,6,9,16,18-19H2/t23-/m0/s1. The van der Waals surface area contributed by atoms with Gasteiger partial charge in [0.05, 0.1) is 23.9 Å². The third-order valence-corrected chi connectivity index (χ3v) is 8.00. The van der Waals surface area contributed by atoms with Crippen molar-refractivity contribution < 1.29 is 4.74 Å². The minimum Gasteiger partial charge on any atom is -0.376 e. The smallest absolute Gasteiger partial charge is 0.191 e. The van der Waals surface area contributed by atoms with E-state index in [2.05, 4.69) is 86.3 Å². The average molecular weight is 558 g/mol. The molecule has 0 spiro atoms. The largest absolute Gasteiger partial charge is 0.376 e. The Balaban J connectivity index is 1.44. The summed E-state index contributed by atoms with van der Waals surface area (Å²) in [5, 5.41) is 11.4. The number of aromatic nitrogens is 4. The fourth-order valence-electron chi connectivity index (χ4n) is 4.60. The number of nitrogens with zero attached hydrogens (tertiary/aromatic N) is 4. The number of hydrogen-bond acceptors (Lipinski definition) is 5. The van der Waals surface area contributed by atoms with E-state index in [1.54, 1.807) is 11.8 Å². The van der Waals surface area contributed by atoms with Crippen LogP contribution in [0.1, 0.15) is 18.4 Å². The Morgan fingerprint density at radius 2 is 1.75 bits per heavy atom. The SMILES string of the molecule is Brc1ccc(CSc2nnc(-c3cc(-c4ccccc4)nc4ccccc34)n2C[C@@H]2CCCO2)cc1. The molecule has 6 rings (SSSR count). The summed E-state index contributed by atoms with van der Waals surface area (Å²) in [7, 11) is 0. The first-order chi connectivity index (χ1) is 17.7. The zero-order chi connectivity index (χ0) is 24.3. The lowest BCUT2D eigenvalue weighted by Crippen LogP contribution is -2.16. The van der Waals surface area contributed by atoms with Gasteiger partial charge in [-0.25, -0.2) is 4.98 Å². The molecule has 1 aliphatic heterocycles. The number of thioether (sulfide) groups is 1. The molecule has 0 radical (unpaired) electrons. The molecule has 5 nitrogen and oxygen atoms in total. The first-order valence-electron chi connectivity index (χ1n) is 12.1. The predicted octanol–water partition coefficient (Wildman–Crippen LogP) is 7.39. The van der Waals surface area contributed by atoms with E-state index in [-0.39, 0.29) is 6.10 Å². The number of ether oxygens (including phenoxy) is 1. The number of pyridine rings is 1. The molecule has 0 amide bonds. The molecule has 0 saturated carbocycles. The second-order valence-electron chi connectivity index (χ2n) is 8.91. The van der Waals surface area contributed by atoms with Gasteiger partial charge in [-0.2, -0.15) is 0 Å². The summed E-state index contributed by atoms with van der Waals surface area (Å²) < 4.78 is 9.35. The van der Waals surface area contributed by atoms with Gasteiger partial charge in [0.25, 0.3) is 0 Å². The van der Waals surface area contributed by atoms with Crippen LogP contribution in [-0.4, -0.2) is 32.5 Å². The Labute approximate surface area is 223 Å². The van der Waals surface area contributed by atoms with Gasteiger partial charge >= 0.3 is 0 Å². The molecule has 0 aliphatic carbocycles. The number of benzene rings is 3. The molecule has 0 bridgehead atoms. The van der Waals surface area contributed by atoms with E-state index in [4.69, 9.17) is 14.8 Å². The summed E-state index contributed by atoms with van der Waals surface area (Å²) in [5.74, 6) is 1.68. The summed E-state index contributed by atoms with van der Waals surface area (Å²) in [4.78, 5) is 4.96. The monoisotopic (exact) mass is 556 g/mol. The van der Waals surface area contributed by atoms with Crippen LogP contribution in [0.25, 0.3) is 33.5 Å². The highest BCUT2D eigenvalue weighted by molar-refractivity contribution is 9.10. The van der Waals surface area contributed by atoms with Crippen molar-refractivity contribution >= 4 is 38.6 Å². The lowest BCUT2D eigenvalue weighted by Gasteiger charge is -2.16. The minimum atomic E-state index is 0.175. The maximum absolute atomic E-state index is 6.03. The number of hydrogen-bond donors (Lipinski definition) is 0. The lowest BCUT2D eigenvalue weighted by atomic mass is 10.0. The third kappa shape index (κ3) is 4.96. The second kappa shape index (κ2) is 10.5. The van der Waals surface area contributed by atoms with Crippen LogP contribution in [0, 0.1) is 0 Å². The summed E-state index contributed by atoms with van der Waals surface area (Å²) >= 11 is 5.23. The van der Waals surface area contributed by atoms with Crippen molar-refractivity contribution in [1.82, 2.24) is 19.7 Å². The number of rotatable bonds is 7. The maximum atomic E-state index is 6.03. The summed E-state index contributed by atoms with van der Waals surface area (Å²) in [6.07, 6.45) is 2.33.